The molecule has 0 amide bonds. The molecule has 1 aromatic heterocycles. The third-order valence-electron chi connectivity index (χ3n) is 3.29. The van der Waals surface area contributed by atoms with E-state index >= 15 is 0 Å². The summed E-state index contributed by atoms with van der Waals surface area (Å²) in [6, 6.07) is 0. The average Bonchev–Trinajstić information content (AvgIpc) is 2.94. The Balaban J connectivity index is 2.31. The number of rotatable bonds is 12. The predicted molar refractivity (Wildman–Crippen MR) is 82.5 cm³/mol. The zero-order chi connectivity index (χ0) is 15.6. The molecule has 2 N–H and O–H groups in total. The van der Waals surface area contributed by atoms with E-state index in [1.165, 1.54) is 36.3 Å². The van der Waals surface area contributed by atoms with Crippen LogP contribution < -0.4 is 4.72 Å². The molecule has 0 saturated carbocycles. The fourth-order valence-corrected chi connectivity index (χ4v) is 3.06. The molecule has 122 valence electrons. The smallest absolute Gasteiger partial charge is 0.243 e. The summed E-state index contributed by atoms with van der Waals surface area (Å²) in [7, 11) is -3.46. The number of sulfonamides is 1. The van der Waals surface area contributed by atoms with Gasteiger partial charge in [0.25, 0.3) is 0 Å². The fraction of sp³-hybridized carbons (Fsp3) is 0.786. The normalized spacial score (nSPS) is 11.9. The van der Waals surface area contributed by atoms with E-state index < -0.39 is 10.0 Å². The molecule has 1 heterocycles. The zero-order valence-corrected chi connectivity index (χ0v) is 13.6. The van der Waals surface area contributed by atoms with Crippen LogP contribution in [0.2, 0.25) is 0 Å². The van der Waals surface area contributed by atoms with Crippen molar-refractivity contribution in [1.29, 1.82) is 0 Å². The third-order valence-corrected chi connectivity index (χ3v) is 4.70. The van der Waals surface area contributed by atoms with Crippen molar-refractivity contribution in [1.82, 2.24) is 14.5 Å². The Morgan fingerprint density at radius 2 is 1.90 bits per heavy atom. The highest BCUT2D eigenvalue weighted by atomic mass is 32.2. The molecule has 0 saturated heterocycles. The zero-order valence-electron chi connectivity index (χ0n) is 12.8. The van der Waals surface area contributed by atoms with Gasteiger partial charge in [-0.3, -0.25) is 4.68 Å². The minimum atomic E-state index is -3.46. The van der Waals surface area contributed by atoms with Crippen LogP contribution in [0.4, 0.5) is 0 Å². The summed E-state index contributed by atoms with van der Waals surface area (Å²) in [6.45, 7) is 3.23. The van der Waals surface area contributed by atoms with Gasteiger partial charge in [-0.2, -0.15) is 5.10 Å². The van der Waals surface area contributed by atoms with Gasteiger partial charge in [0.05, 0.1) is 6.20 Å². The van der Waals surface area contributed by atoms with Gasteiger partial charge in [0.15, 0.2) is 0 Å². The second-order valence-corrected chi connectivity index (χ2v) is 6.95. The van der Waals surface area contributed by atoms with E-state index in [0.29, 0.717) is 19.5 Å². The predicted octanol–water partition coefficient (Wildman–Crippen LogP) is 1.90. The maximum atomic E-state index is 12.0. The van der Waals surface area contributed by atoms with Crippen molar-refractivity contribution < 1.29 is 13.5 Å². The van der Waals surface area contributed by atoms with Gasteiger partial charge >= 0.3 is 0 Å². The van der Waals surface area contributed by atoms with Crippen molar-refractivity contribution in [2.24, 2.45) is 0 Å². The van der Waals surface area contributed by atoms with E-state index in [0.717, 1.165) is 19.3 Å². The Morgan fingerprint density at radius 3 is 2.62 bits per heavy atom. The maximum Gasteiger partial charge on any atom is 0.243 e. The van der Waals surface area contributed by atoms with Gasteiger partial charge < -0.3 is 5.11 Å². The second kappa shape index (κ2) is 9.92. The van der Waals surface area contributed by atoms with Crippen LogP contribution in [-0.2, 0) is 16.6 Å². The van der Waals surface area contributed by atoms with E-state index in [2.05, 4.69) is 16.7 Å². The van der Waals surface area contributed by atoms with Crippen LogP contribution in [0, 0.1) is 0 Å². The number of nitrogens with one attached hydrogen (secondary N) is 1. The first-order chi connectivity index (χ1) is 10.1. The summed E-state index contributed by atoms with van der Waals surface area (Å²) in [5.41, 5.74) is 0. The summed E-state index contributed by atoms with van der Waals surface area (Å²) >= 11 is 0. The van der Waals surface area contributed by atoms with Crippen LogP contribution in [0.5, 0.6) is 0 Å². The summed E-state index contributed by atoms with van der Waals surface area (Å²) in [5, 5.41) is 12.7. The number of aliphatic hydroxyl groups excluding tert-OH is 1. The molecule has 6 nitrogen and oxygen atoms in total. The van der Waals surface area contributed by atoms with Crippen LogP contribution in [0.25, 0.3) is 0 Å². The Bertz CT molecular complexity index is 485. The molecule has 0 spiro atoms. The molecule has 0 aliphatic heterocycles. The highest BCUT2D eigenvalue weighted by molar-refractivity contribution is 7.89. The van der Waals surface area contributed by atoms with Crippen LogP contribution in [0.15, 0.2) is 17.3 Å². The number of hydrogen-bond acceptors (Lipinski definition) is 4. The highest BCUT2D eigenvalue weighted by Gasteiger charge is 2.15. The SMILES string of the molecule is CCCCCCCCNS(=O)(=O)c1cnn(CCCO)c1. The molecule has 0 radical (unpaired) electrons. The molecule has 0 fully saturated rings. The van der Waals surface area contributed by atoms with E-state index in [4.69, 9.17) is 5.11 Å². The number of nitrogens with zero attached hydrogens (tertiary/aromatic N) is 2. The molecular formula is C14H27N3O3S. The van der Waals surface area contributed by atoms with Crippen molar-refractivity contribution in [2.75, 3.05) is 13.2 Å². The van der Waals surface area contributed by atoms with Crippen LogP contribution in [-0.4, -0.2) is 36.5 Å². The Morgan fingerprint density at radius 1 is 1.19 bits per heavy atom. The minimum absolute atomic E-state index is 0.0677. The molecular weight excluding hydrogens is 290 g/mol. The van der Waals surface area contributed by atoms with Gasteiger partial charge in [0.1, 0.15) is 4.90 Å². The van der Waals surface area contributed by atoms with Gasteiger partial charge in [0.2, 0.25) is 10.0 Å². The molecule has 0 aromatic carbocycles. The molecule has 0 bridgehead atoms. The Kier molecular flexibility index (Phi) is 8.56. The standard InChI is InChI=1S/C14H27N3O3S/c1-2-3-4-5-6-7-9-16-21(19,20)14-12-15-17(13-14)10-8-11-18/h12-13,16,18H,2-11H2,1H3. The quantitative estimate of drug-likeness (QED) is 0.577. The van der Waals surface area contributed by atoms with Gasteiger partial charge in [-0.05, 0) is 12.8 Å². The summed E-state index contributed by atoms with van der Waals surface area (Å²) in [4.78, 5) is 0.187. The molecule has 21 heavy (non-hydrogen) atoms. The Hall–Kier alpha value is -0.920. The van der Waals surface area contributed by atoms with Crippen LogP contribution >= 0.6 is 0 Å². The number of aromatic nitrogens is 2. The monoisotopic (exact) mass is 317 g/mol. The van der Waals surface area contributed by atoms with Crippen molar-refractivity contribution in [3.8, 4) is 0 Å². The number of aryl methyl sites for hydroxylation is 1. The molecule has 7 heteroatoms. The highest BCUT2D eigenvalue weighted by Crippen LogP contribution is 2.08. The van der Waals surface area contributed by atoms with Gasteiger partial charge in [0, 0.05) is 25.9 Å². The lowest BCUT2D eigenvalue weighted by Gasteiger charge is -2.04. The molecule has 0 unspecified atom stereocenters. The molecule has 0 aliphatic rings. The lowest BCUT2D eigenvalue weighted by Crippen LogP contribution is -2.24. The minimum Gasteiger partial charge on any atom is -0.396 e. The first kappa shape index (κ1) is 18.1. The largest absolute Gasteiger partial charge is 0.396 e. The topological polar surface area (TPSA) is 84.2 Å². The number of hydrogen-bond donors (Lipinski definition) is 2. The number of unbranched alkanes of at least 4 members (excludes halogenated alkanes) is 5. The van der Waals surface area contributed by atoms with E-state index in [1.807, 2.05) is 0 Å². The lowest BCUT2D eigenvalue weighted by atomic mass is 10.1. The van der Waals surface area contributed by atoms with E-state index in [9.17, 15) is 8.42 Å². The van der Waals surface area contributed by atoms with E-state index in [1.54, 1.807) is 0 Å². The molecule has 0 atom stereocenters. The van der Waals surface area contributed by atoms with Crippen molar-refractivity contribution in [3.63, 3.8) is 0 Å². The summed E-state index contributed by atoms with van der Waals surface area (Å²) < 4.78 is 28.2. The molecule has 0 aliphatic carbocycles. The summed E-state index contributed by atoms with van der Waals surface area (Å²) in [5.74, 6) is 0. The second-order valence-electron chi connectivity index (χ2n) is 5.18. The van der Waals surface area contributed by atoms with Gasteiger partial charge in [-0.15, -0.1) is 0 Å². The number of aliphatic hydroxyl groups is 1. The van der Waals surface area contributed by atoms with Crippen LogP contribution in [0.1, 0.15) is 51.9 Å². The van der Waals surface area contributed by atoms with Crippen molar-refractivity contribution in [3.05, 3.63) is 12.4 Å². The van der Waals surface area contributed by atoms with Crippen molar-refractivity contribution >= 4 is 10.0 Å². The molecule has 1 aromatic rings. The third kappa shape index (κ3) is 7.06. The first-order valence-corrected chi connectivity index (χ1v) is 9.21. The van der Waals surface area contributed by atoms with Gasteiger partial charge in [-0.25, -0.2) is 13.1 Å². The maximum absolute atomic E-state index is 12.0. The first-order valence-electron chi connectivity index (χ1n) is 7.73. The lowest BCUT2D eigenvalue weighted by molar-refractivity contribution is 0.277. The van der Waals surface area contributed by atoms with Crippen molar-refractivity contribution in [2.45, 2.75) is 63.3 Å². The molecule has 1 rings (SSSR count). The fourth-order valence-electron chi connectivity index (χ4n) is 2.03. The summed E-state index contributed by atoms with van der Waals surface area (Å²) in [6.07, 6.45) is 10.2. The average molecular weight is 317 g/mol. The van der Waals surface area contributed by atoms with Crippen LogP contribution in [0.3, 0.4) is 0 Å². The Labute approximate surface area is 127 Å². The van der Waals surface area contributed by atoms with Gasteiger partial charge in [-0.1, -0.05) is 39.0 Å². The van der Waals surface area contributed by atoms with E-state index in [-0.39, 0.29) is 11.5 Å².